The van der Waals surface area contributed by atoms with Gasteiger partial charge in [0, 0.05) is 4.88 Å². The fourth-order valence-corrected chi connectivity index (χ4v) is 3.37. The van der Waals surface area contributed by atoms with Crippen LogP contribution in [-0.2, 0) is 0 Å². The molecule has 1 aromatic heterocycles. The number of hydrogen-bond donors (Lipinski definition) is 1. The van der Waals surface area contributed by atoms with Gasteiger partial charge >= 0.3 is 5.97 Å². The van der Waals surface area contributed by atoms with E-state index in [4.69, 9.17) is 9.84 Å². The second-order valence-corrected chi connectivity index (χ2v) is 5.91. The van der Waals surface area contributed by atoms with E-state index < -0.39 is 5.97 Å². The molecule has 0 unspecified atom stereocenters. The molecule has 0 radical (unpaired) electrons. The third-order valence-electron chi connectivity index (χ3n) is 3.44. The van der Waals surface area contributed by atoms with Crippen molar-refractivity contribution in [3.05, 3.63) is 52.9 Å². The molecule has 1 heterocycles. The van der Waals surface area contributed by atoms with Crippen LogP contribution in [0.4, 0.5) is 0 Å². The van der Waals surface area contributed by atoms with Crippen molar-refractivity contribution < 1.29 is 14.6 Å². The number of methoxy groups -OCH3 is 1. The molecule has 0 spiro atoms. The maximum absolute atomic E-state index is 11.1. The van der Waals surface area contributed by atoms with Gasteiger partial charge in [-0.1, -0.05) is 18.2 Å². The molecule has 0 saturated heterocycles. The van der Waals surface area contributed by atoms with E-state index in [-0.39, 0.29) is 0 Å². The zero-order valence-electron chi connectivity index (χ0n) is 11.7. The Morgan fingerprint density at radius 2 is 1.81 bits per heavy atom. The molecule has 3 aromatic rings. The van der Waals surface area contributed by atoms with E-state index in [0.29, 0.717) is 4.88 Å². The van der Waals surface area contributed by atoms with E-state index in [1.54, 1.807) is 13.2 Å². The fourth-order valence-electron chi connectivity index (χ4n) is 2.37. The Bertz CT molecular complexity index is 833. The van der Waals surface area contributed by atoms with Gasteiger partial charge in [0.2, 0.25) is 0 Å². The number of hydrogen-bond acceptors (Lipinski definition) is 3. The highest BCUT2D eigenvalue weighted by atomic mass is 32.1. The number of aromatic carboxylic acids is 1. The zero-order valence-corrected chi connectivity index (χ0v) is 12.5. The predicted molar refractivity (Wildman–Crippen MR) is 85.5 cm³/mol. The van der Waals surface area contributed by atoms with Gasteiger partial charge in [0.1, 0.15) is 10.6 Å². The topological polar surface area (TPSA) is 46.5 Å². The van der Waals surface area contributed by atoms with Crippen LogP contribution >= 0.6 is 11.3 Å². The molecule has 3 nitrogen and oxygen atoms in total. The molecule has 2 aromatic carbocycles. The van der Waals surface area contributed by atoms with Gasteiger partial charge < -0.3 is 9.84 Å². The molecule has 0 atom stereocenters. The van der Waals surface area contributed by atoms with Crippen molar-refractivity contribution in [3.63, 3.8) is 0 Å². The number of thiophene rings is 1. The molecule has 0 fully saturated rings. The highest BCUT2D eigenvalue weighted by molar-refractivity contribution is 7.17. The van der Waals surface area contributed by atoms with Gasteiger partial charge in [0.25, 0.3) is 0 Å². The lowest BCUT2D eigenvalue weighted by Crippen LogP contribution is -1.89. The third kappa shape index (κ3) is 2.50. The molecule has 0 aliphatic carbocycles. The zero-order chi connectivity index (χ0) is 15.0. The summed E-state index contributed by atoms with van der Waals surface area (Å²) >= 11 is 1.31. The average Bonchev–Trinajstić information content (AvgIpc) is 2.88. The molecular weight excluding hydrogens is 284 g/mol. The van der Waals surface area contributed by atoms with Crippen LogP contribution in [0.5, 0.6) is 5.75 Å². The Morgan fingerprint density at radius 1 is 1.10 bits per heavy atom. The predicted octanol–water partition coefficient (Wildman–Crippen LogP) is 4.58. The van der Waals surface area contributed by atoms with E-state index in [2.05, 4.69) is 6.07 Å². The number of aryl methyl sites for hydroxylation is 1. The second kappa shape index (κ2) is 5.22. The van der Waals surface area contributed by atoms with Crippen molar-refractivity contribution in [1.29, 1.82) is 0 Å². The van der Waals surface area contributed by atoms with Gasteiger partial charge in [0.15, 0.2) is 0 Å². The molecule has 0 bridgehead atoms. The number of carbonyl (C=O) groups is 1. The summed E-state index contributed by atoms with van der Waals surface area (Å²) in [5.74, 6) is -0.0457. The van der Waals surface area contributed by atoms with E-state index in [1.165, 1.54) is 11.3 Å². The number of carboxylic acid groups (broad SMARTS) is 1. The number of rotatable bonds is 3. The maximum atomic E-state index is 11.1. The monoisotopic (exact) mass is 298 g/mol. The first kappa shape index (κ1) is 13.6. The Kier molecular flexibility index (Phi) is 3.39. The lowest BCUT2D eigenvalue weighted by Gasteiger charge is -2.05. The number of ether oxygens (including phenoxy) is 1. The van der Waals surface area contributed by atoms with Gasteiger partial charge in [0.05, 0.1) is 7.11 Å². The minimum Gasteiger partial charge on any atom is -0.497 e. The van der Waals surface area contributed by atoms with E-state index >= 15 is 0 Å². The first-order valence-electron chi connectivity index (χ1n) is 6.50. The van der Waals surface area contributed by atoms with Crippen LogP contribution in [0.3, 0.4) is 0 Å². The lowest BCUT2D eigenvalue weighted by atomic mass is 10.0. The summed E-state index contributed by atoms with van der Waals surface area (Å²) in [4.78, 5) is 12.5. The van der Waals surface area contributed by atoms with Gasteiger partial charge in [-0.05, 0) is 53.1 Å². The van der Waals surface area contributed by atoms with Crippen molar-refractivity contribution in [2.24, 2.45) is 0 Å². The van der Waals surface area contributed by atoms with Crippen molar-refractivity contribution in [3.8, 4) is 16.2 Å². The summed E-state index contributed by atoms with van der Waals surface area (Å²) in [5.41, 5.74) is 2.04. The third-order valence-corrected chi connectivity index (χ3v) is 4.71. The Morgan fingerprint density at radius 3 is 2.48 bits per heavy atom. The van der Waals surface area contributed by atoms with Crippen molar-refractivity contribution in [1.82, 2.24) is 0 Å². The van der Waals surface area contributed by atoms with Crippen molar-refractivity contribution in [2.75, 3.05) is 7.11 Å². The van der Waals surface area contributed by atoms with Crippen LogP contribution in [-0.4, -0.2) is 18.2 Å². The minimum atomic E-state index is -0.875. The van der Waals surface area contributed by atoms with Gasteiger partial charge in [-0.25, -0.2) is 4.79 Å². The smallest absolute Gasteiger partial charge is 0.345 e. The Hall–Kier alpha value is -2.33. The molecule has 3 rings (SSSR count). The summed E-state index contributed by atoms with van der Waals surface area (Å²) in [6.07, 6.45) is 0. The van der Waals surface area contributed by atoms with Crippen LogP contribution in [0.2, 0.25) is 0 Å². The normalized spacial score (nSPS) is 10.8. The highest BCUT2D eigenvalue weighted by Gasteiger charge is 2.12. The number of benzene rings is 2. The van der Waals surface area contributed by atoms with Crippen LogP contribution in [0.1, 0.15) is 15.2 Å². The molecule has 0 amide bonds. The van der Waals surface area contributed by atoms with Gasteiger partial charge in [-0.3, -0.25) is 0 Å². The molecule has 1 N–H and O–H groups in total. The summed E-state index contributed by atoms with van der Waals surface area (Å²) < 4.78 is 5.22. The molecule has 106 valence electrons. The van der Waals surface area contributed by atoms with E-state index in [1.807, 2.05) is 37.3 Å². The molecular formula is C17H14O3S. The van der Waals surface area contributed by atoms with E-state index in [9.17, 15) is 4.79 Å². The quantitative estimate of drug-likeness (QED) is 0.769. The van der Waals surface area contributed by atoms with Crippen LogP contribution in [0.15, 0.2) is 42.5 Å². The fraction of sp³-hybridized carbons (Fsp3) is 0.118. The summed E-state index contributed by atoms with van der Waals surface area (Å²) in [6.45, 7) is 1.94. The molecule has 4 heteroatoms. The second-order valence-electron chi connectivity index (χ2n) is 4.86. The summed E-state index contributed by atoms with van der Waals surface area (Å²) in [6, 6.07) is 13.8. The minimum absolute atomic E-state index is 0.373. The van der Waals surface area contributed by atoms with Crippen molar-refractivity contribution >= 4 is 28.1 Å². The standard InChI is InChI=1S/C17H14O3S/c1-10-7-15(17(18)19)21-16(10)13-4-3-12-9-14(20-2)6-5-11(12)8-13/h3-9H,1-2H3,(H,18,19). The first-order chi connectivity index (χ1) is 10.1. The number of carboxylic acids is 1. The van der Waals surface area contributed by atoms with E-state index in [0.717, 1.165) is 32.5 Å². The van der Waals surface area contributed by atoms with Crippen LogP contribution < -0.4 is 4.74 Å². The number of fused-ring (bicyclic) bond motifs is 1. The van der Waals surface area contributed by atoms with Crippen LogP contribution in [0.25, 0.3) is 21.2 Å². The van der Waals surface area contributed by atoms with Crippen LogP contribution in [0, 0.1) is 6.92 Å². The molecule has 0 aliphatic heterocycles. The largest absolute Gasteiger partial charge is 0.497 e. The maximum Gasteiger partial charge on any atom is 0.345 e. The Labute approximate surface area is 126 Å². The molecule has 21 heavy (non-hydrogen) atoms. The highest BCUT2D eigenvalue weighted by Crippen LogP contribution is 2.34. The summed E-state index contributed by atoms with van der Waals surface area (Å²) in [5, 5.41) is 11.3. The van der Waals surface area contributed by atoms with Crippen molar-refractivity contribution in [2.45, 2.75) is 6.92 Å². The molecule has 0 saturated carbocycles. The first-order valence-corrected chi connectivity index (χ1v) is 7.32. The average molecular weight is 298 g/mol. The lowest BCUT2D eigenvalue weighted by molar-refractivity contribution is 0.0702. The van der Waals surface area contributed by atoms with Gasteiger partial charge in [-0.2, -0.15) is 0 Å². The Balaban J connectivity index is 2.10. The summed E-state index contributed by atoms with van der Waals surface area (Å²) in [7, 11) is 1.65. The van der Waals surface area contributed by atoms with Gasteiger partial charge in [-0.15, -0.1) is 11.3 Å². The SMILES string of the molecule is COc1ccc2cc(-c3sc(C(=O)O)cc3C)ccc2c1. The molecule has 0 aliphatic rings.